The molecule has 2 saturated carbocycles. The first kappa shape index (κ1) is 11.8. The largest absolute Gasteiger partial charge is 0.489 e. The van der Waals surface area contributed by atoms with Crippen molar-refractivity contribution in [3.05, 3.63) is 29.8 Å². The van der Waals surface area contributed by atoms with Crippen molar-refractivity contribution >= 4 is 5.78 Å². The van der Waals surface area contributed by atoms with E-state index >= 15 is 0 Å². The van der Waals surface area contributed by atoms with Crippen LogP contribution >= 0.6 is 0 Å². The number of para-hydroxylation sites is 1. The van der Waals surface area contributed by atoms with Crippen LogP contribution in [0.1, 0.15) is 44.1 Å². The Labute approximate surface area is 108 Å². The van der Waals surface area contributed by atoms with E-state index in [1.165, 1.54) is 19.3 Å². The van der Waals surface area contributed by atoms with E-state index in [0.717, 1.165) is 24.2 Å². The average Bonchev–Trinajstić information content (AvgIpc) is 2.41. The van der Waals surface area contributed by atoms with Crippen molar-refractivity contribution in [2.45, 2.75) is 51.6 Å². The molecule has 2 aliphatic carbocycles. The highest BCUT2D eigenvalue weighted by Gasteiger charge is 2.56. The number of hydrogen-bond donors (Lipinski definition) is 0. The number of carbonyl (C=O) groups is 1. The van der Waals surface area contributed by atoms with E-state index in [4.69, 9.17) is 4.74 Å². The molecule has 2 heteroatoms. The summed E-state index contributed by atoms with van der Waals surface area (Å²) in [6.07, 6.45) is 6.41. The summed E-state index contributed by atoms with van der Waals surface area (Å²) in [4.78, 5) is 12.0. The first-order chi connectivity index (χ1) is 8.72. The van der Waals surface area contributed by atoms with Crippen LogP contribution in [0.4, 0.5) is 0 Å². The Morgan fingerprint density at radius 2 is 1.89 bits per heavy atom. The molecule has 0 aliphatic heterocycles. The van der Waals surface area contributed by atoms with Crippen LogP contribution in [0.15, 0.2) is 24.3 Å². The van der Waals surface area contributed by atoms with E-state index in [0.29, 0.717) is 12.2 Å². The minimum Gasteiger partial charge on any atom is -0.489 e. The Morgan fingerprint density at radius 3 is 2.56 bits per heavy atom. The highest BCUT2D eigenvalue weighted by molar-refractivity contribution is 5.92. The van der Waals surface area contributed by atoms with Crippen LogP contribution in [0.5, 0.6) is 5.75 Å². The van der Waals surface area contributed by atoms with Crippen molar-refractivity contribution in [2.24, 2.45) is 5.41 Å². The summed E-state index contributed by atoms with van der Waals surface area (Å²) in [6.45, 7) is 2.06. The molecule has 0 N–H and O–H groups in total. The van der Waals surface area contributed by atoms with Crippen LogP contribution < -0.4 is 4.74 Å². The number of ketones is 1. The van der Waals surface area contributed by atoms with Gasteiger partial charge in [0.1, 0.15) is 17.6 Å². The van der Waals surface area contributed by atoms with Gasteiger partial charge in [0.15, 0.2) is 0 Å². The summed E-state index contributed by atoms with van der Waals surface area (Å²) >= 11 is 0. The Hall–Kier alpha value is -1.31. The third-order valence-electron chi connectivity index (χ3n) is 4.65. The van der Waals surface area contributed by atoms with Crippen molar-refractivity contribution in [2.75, 3.05) is 0 Å². The van der Waals surface area contributed by atoms with Crippen molar-refractivity contribution in [3.8, 4) is 5.75 Å². The molecule has 1 atom stereocenters. The van der Waals surface area contributed by atoms with E-state index in [2.05, 4.69) is 13.0 Å². The summed E-state index contributed by atoms with van der Waals surface area (Å²) < 4.78 is 6.12. The molecule has 0 heterocycles. The number of ether oxygens (including phenoxy) is 1. The van der Waals surface area contributed by atoms with Gasteiger partial charge in [-0.3, -0.25) is 4.79 Å². The molecule has 1 spiro atoms. The predicted molar refractivity (Wildman–Crippen MR) is 70.7 cm³/mol. The molecular formula is C16H20O2. The number of benzene rings is 1. The Kier molecular flexibility index (Phi) is 2.89. The Balaban J connectivity index is 1.77. The lowest BCUT2D eigenvalue weighted by atomic mass is 9.57. The molecule has 1 unspecified atom stereocenters. The zero-order chi connectivity index (χ0) is 12.6. The molecule has 96 valence electrons. The van der Waals surface area contributed by atoms with Gasteiger partial charge in [-0.15, -0.1) is 0 Å². The number of hydrogen-bond acceptors (Lipinski definition) is 2. The summed E-state index contributed by atoms with van der Waals surface area (Å²) in [5.74, 6) is 1.38. The molecule has 0 saturated heterocycles. The van der Waals surface area contributed by atoms with Crippen molar-refractivity contribution in [3.63, 3.8) is 0 Å². The number of Topliss-reactive ketones (excluding diaryl/α,β-unsaturated/α-hetero) is 1. The molecule has 3 rings (SSSR count). The lowest BCUT2D eigenvalue weighted by molar-refractivity contribution is -0.156. The molecule has 1 aromatic carbocycles. The van der Waals surface area contributed by atoms with Crippen LogP contribution in [0.3, 0.4) is 0 Å². The molecule has 0 aromatic heterocycles. The lowest BCUT2D eigenvalue weighted by Crippen LogP contribution is -2.57. The third kappa shape index (κ3) is 1.75. The maximum atomic E-state index is 12.0. The molecule has 2 nitrogen and oxygen atoms in total. The van der Waals surface area contributed by atoms with Gasteiger partial charge in [0.2, 0.25) is 0 Å². The zero-order valence-corrected chi connectivity index (χ0v) is 10.9. The van der Waals surface area contributed by atoms with Gasteiger partial charge in [-0.25, -0.2) is 0 Å². The first-order valence-corrected chi connectivity index (χ1v) is 6.98. The quantitative estimate of drug-likeness (QED) is 0.793. The maximum absolute atomic E-state index is 12.0. The van der Waals surface area contributed by atoms with Gasteiger partial charge < -0.3 is 4.74 Å². The molecular weight excluding hydrogens is 224 g/mol. The number of carbonyl (C=O) groups excluding carboxylic acids is 1. The standard InChI is InChI=1S/C16H20O2/c1-12-7-3-4-8-13(12)18-15-11-14(17)16(15)9-5-2-6-10-16/h3-4,7-8,15H,2,5-6,9-11H2,1H3. The lowest BCUT2D eigenvalue weighted by Gasteiger charge is -2.49. The summed E-state index contributed by atoms with van der Waals surface area (Å²) in [5.41, 5.74) is 1.02. The fourth-order valence-corrected chi connectivity index (χ4v) is 3.40. The second kappa shape index (κ2) is 4.42. The van der Waals surface area contributed by atoms with Gasteiger partial charge in [0, 0.05) is 6.42 Å². The molecule has 18 heavy (non-hydrogen) atoms. The fourth-order valence-electron chi connectivity index (χ4n) is 3.40. The van der Waals surface area contributed by atoms with E-state index in [9.17, 15) is 4.79 Å². The van der Waals surface area contributed by atoms with Gasteiger partial charge in [-0.1, -0.05) is 37.5 Å². The minimum atomic E-state index is -0.138. The average molecular weight is 244 g/mol. The topological polar surface area (TPSA) is 26.3 Å². The summed E-state index contributed by atoms with van der Waals surface area (Å²) in [7, 11) is 0. The van der Waals surface area contributed by atoms with Gasteiger partial charge >= 0.3 is 0 Å². The van der Waals surface area contributed by atoms with Gasteiger partial charge in [0.05, 0.1) is 5.41 Å². The Morgan fingerprint density at radius 1 is 1.17 bits per heavy atom. The van der Waals surface area contributed by atoms with E-state index < -0.39 is 0 Å². The van der Waals surface area contributed by atoms with Crippen molar-refractivity contribution in [1.29, 1.82) is 0 Å². The van der Waals surface area contributed by atoms with Gasteiger partial charge in [-0.05, 0) is 31.4 Å². The maximum Gasteiger partial charge on any atom is 0.146 e. The Bertz CT molecular complexity index is 458. The molecule has 0 amide bonds. The van der Waals surface area contributed by atoms with E-state index in [1.54, 1.807) is 0 Å². The van der Waals surface area contributed by atoms with Crippen LogP contribution in [-0.4, -0.2) is 11.9 Å². The first-order valence-electron chi connectivity index (χ1n) is 6.98. The minimum absolute atomic E-state index is 0.117. The second-order valence-electron chi connectivity index (χ2n) is 5.72. The zero-order valence-electron chi connectivity index (χ0n) is 10.9. The van der Waals surface area contributed by atoms with Gasteiger partial charge in [-0.2, -0.15) is 0 Å². The van der Waals surface area contributed by atoms with E-state index in [-0.39, 0.29) is 11.5 Å². The van der Waals surface area contributed by atoms with E-state index in [1.807, 2.05) is 18.2 Å². The second-order valence-corrected chi connectivity index (χ2v) is 5.72. The summed E-state index contributed by atoms with van der Waals surface area (Å²) in [6, 6.07) is 8.08. The molecule has 2 fully saturated rings. The van der Waals surface area contributed by atoms with Crippen molar-refractivity contribution < 1.29 is 9.53 Å². The predicted octanol–water partition coefficient (Wildman–Crippen LogP) is 3.67. The van der Waals surface area contributed by atoms with Crippen LogP contribution in [0, 0.1) is 12.3 Å². The molecule has 0 radical (unpaired) electrons. The van der Waals surface area contributed by atoms with Crippen LogP contribution in [0.25, 0.3) is 0 Å². The number of rotatable bonds is 2. The van der Waals surface area contributed by atoms with Crippen molar-refractivity contribution in [1.82, 2.24) is 0 Å². The monoisotopic (exact) mass is 244 g/mol. The summed E-state index contributed by atoms with van der Waals surface area (Å²) in [5, 5.41) is 0. The van der Waals surface area contributed by atoms with Crippen LogP contribution in [-0.2, 0) is 4.79 Å². The molecule has 2 aliphatic rings. The molecule has 1 aromatic rings. The van der Waals surface area contributed by atoms with Crippen LogP contribution in [0.2, 0.25) is 0 Å². The normalized spacial score (nSPS) is 25.8. The SMILES string of the molecule is Cc1ccccc1OC1CC(=O)C12CCCCC2. The number of aryl methyl sites for hydroxylation is 1. The third-order valence-corrected chi connectivity index (χ3v) is 4.65. The van der Waals surface area contributed by atoms with Gasteiger partial charge in [0.25, 0.3) is 0 Å². The highest BCUT2D eigenvalue weighted by Crippen LogP contribution is 2.50. The fraction of sp³-hybridized carbons (Fsp3) is 0.562. The highest BCUT2D eigenvalue weighted by atomic mass is 16.5. The molecule has 0 bridgehead atoms. The smallest absolute Gasteiger partial charge is 0.146 e.